The van der Waals surface area contributed by atoms with Crippen LogP contribution in [0.2, 0.25) is 0 Å². The maximum Gasteiger partial charge on any atom is 0.573 e. The number of hydrogen-bond donors (Lipinski definition) is 0. The van der Waals surface area contributed by atoms with E-state index in [0.29, 0.717) is 23.6 Å². The first-order valence-corrected chi connectivity index (χ1v) is 8.66. The third-order valence-corrected chi connectivity index (χ3v) is 4.41. The number of anilines is 1. The Kier molecular flexibility index (Phi) is 4.73. The van der Waals surface area contributed by atoms with E-state index in [-0.39, 0.29) is 12.3 Å². The van der Waals surface area contributed by atoms with E-state index < -0.39 is 13.0 Å². The molecule has 0 saturated carbocycles. The number of aryl methyl sites for hydroxylation is 2. The van der Waals surface area contributed by atoms with Crippen molar-refractivity contribution in [1.82, 2.24) is 24.8 Å². The van der Waals surface area contributed by atoms with Gasteiger partial charge in [-0.1, -0.05) is 5.21 Å². The molecule has 0 radical (unpaired) electrons. The summed E-state index contributed by atoms with van der Waals surface area (Å²) in [6.07, 6.45) is 0.563. The Morgan fingerprint density at radius 1 is 1.17 bits per heavy atom. The molecule has 2 aromatic heterocycles. The van der Waals surface area contributed by atoms with Gasteiger partial charge in [0.1, 0.15) is 18.1 Å². The zero-order valence-corrected chi connectivity index (χ0v) is 15.3. The third-order valence-electron chi connectivity index (χ3n) is 4.41. The van der Waals surface area contributed by atoms with Crippen LogP contribution in [0.25, 0.3) is 5.57 Å². The second kappa shape index (κ2) is 7.22. The van der Waals surface area contributed by atoms with Gasteiger partial charge < -0.3 is 9.64 Å². The number of benzene rings is 1. The SMILES string of the molecule is Cn1cc(C2=CN(c3ccc(OC(F)(F)F)cc3)Cc3c2nnn3CCF)cn1. The van der Waals surface area contributed by atoms with Gasteiger partial charge in [-0.25, -0.2) is 9.07 Å². The van der Waals surface area contributed by atoms with E-state index >= 15 is 0 Å². The summed E-state index contributed by atoms with van der Waals surface area (Å²) in [5.74, 6) is -0.306. The van der Waals surface area contributed by atoms with E-state index in [0.717, 1.165) is 11.1 Å². The van der Waals surface area contributed by atoms with Gasteiger partial charge in [-0.15, -0.1) is 18.3 Å². The average molecular weight is 408 g/mol. The van der Waals surface area contributed by atoms with Crippen LogP contribution in [0.4, 0.5) is 23.2 Å². The van der Waals surface area contributed by atoms with Crippen molar-refractivity contribution in [2.75, 3.05) is 11.6 Å². The maximum absolute atomic E-state index is 12.9. The van der Waals surface area contributed by atoms with Gasteiger partial charge in [-0.3, -0.25) is 4.68 Å². The molecule has 152 valence electrons. The average Bonchev–Trinajstić information content (AvgIpc) is 3.27. The fourth-order valence-corrected chi connectivity index (χ4v) is 3.16. The highest BCUT2D eigenvalue weighted by atomic mass is 19.4. The van der Waals surface area contributed by atoms with Gasteiger partial charge >= 0.3 is 6.36 Å². The normalized spacial score (nSPS) is 14.0. The van der Waals surface area contributed by atoms with Crippen molar-refractivity contribution in [3.8, 4) is 5.75 Å². The first-order valence-electron chi connectivity index (χ1n) is 8.66. The largest absolute Gasteiger partial charge is 0.573 e. The van der Waals surface area contributed by atoms with Gasteiger partial charge in [-0.2, -0.15) is 5.10 Å². The summed E-state index contributed by atoms with van der Waals surface area (Å²) in [5.41, 5.74) is 3.50. The van der Waals surface area contributed by atoms with Crippen molar-refractivity contribution in [3.63, 3.8) is 0 Å². The van der Waals surface area contributed by atoms with E-state index in [1.54, 1.807) is 17.9 Å². The van der Waals surface area contributed by atoms with Crippen molar-refractivity contribution < 1.29 is 22.3 Å². The van der Waals surface area contributed by atoms with E-state index in [4.69, 9.17) is 0 Å². The van der Waals surface area contributed by atoms with Crippen LogP contribution < -0.4 is 9.64 Å². The molecule has 0 amide bonds. The number of rotatable bonds is 5. The lowest BCUT2D eigenvalue weighted by Crippen LogP contribution is -2.24. The third kappa shape index (κ3) is 3.93. The molecule has 0 spiro atoms. The van der Waals surface area contributed by atoms with E-state index in [1.807, 2.05) is 17.3 Å². The number of halogens is 4. The summed E-state index contributed by atoms with van der Waals surface area (Å²) >= 11 is 0. The monoisotopic (exact) mass is 408 g/mol. The Hall–Kier alpha value is -3.37. The molecular formula is C18H16F4N6O. The molecule has 0 atom stereocenters. The Balaban J connectivity index is 1.71. The molecule has 1 aliphatic rings. The lowest BCUT2D eigenvalue weighted by atomic mass is 10.0. The maximum atomic E-state index is 12.9. The molecule has 1 aromatic carbocycles. The fraction of sp³-hybridized carbons (Fsp3) is 0.278. The summed E-state index contributed by atoms with van der Waals surface area (Å²) in [7, 11) is 1.78. The molecule has 7 nitrogen and oxygen atoms in total. The zero-order chi connectivity index (χ0) is 20.6. The van der Waals surface area contributed by atoms with Crippen LogP contribution in [0.3, 0.4) is 0 Å². The Morgan fingerprint density at radius 2 is 1.93 bits per heavy atom. The number of aromatic nitrogens is 5. The van der Waals surface area contributed by atoms with Crippen LogP contribution in [0, 0.1) is 0 Å². The Morgan fingerprint density at radius 3 is 2.55 bits per heavy atom. The van der Waals surface area contributed by atoms with Crippen molar-refractivity contribution in [3.05, 3.63) is 59.8 Å². The molecular weight excluding hydrogens is 392 g/mol. The number of hydrogen-bond acceptors (Lipinski definition) is 5. The van der Waals surface area contributed by atoms with Crippen molar-refractivity contribution in [1.29, 1.82) is 0 Å². The minimum Gasteiger partial charge on any atom is -0.406 e. The van der Waals surface area contributed by atoms with E-state index in [2.05, 4.69) is 20.1 Å². The summed E-state index contributed by atoms with van der Waals surface area (Å²) < 4.78 is 57.1. The van der Waals surface area contributed by atoms with Gasteiger partial charge in [0.2, 0.25) is 0 Å². The van der Waals surface area contributed by atoms with Crippen LogP contribution in [0.15, 0.2) is 42.9 Å². The second-order valence-electron chi connectivity index (χ2n) is 6.41. The Bertz CT molecular complexity index is 1040. The summed E-state index contributed by atoms with van der Waals surface area (Å²) in [6.45, 7) is -0.189. The number of ether oxygens (including phenoxy) is 1. The molecule has 0 saturated heterocycles. The molecule has 0 bridgehead atoms. The topological polar surface area (TPSA) is 61.0 Å². The molecule has 0 N–H and O–H groups in total. The highest BCUT2D eigenvalue weighted by Gasteiger charge is 2.31. The number of alkyl halides is 4. The highest BCUT2D eigenvalue weighted by Crippen LogP contribution is 2.34. The van der Waals surface area contributed by atoms with Crippen LogP contribution >= 0.6 is 0 Å². The Labute approximate surface area is 162 Å². The highest BCUT2D eigenvalue weighted by molar-refractivity contribution is 5.82. The molecule has 3 heterocycles. The van der Waals surface area contributed by atoms with Crippen molar-refractivity contribution in [2.24, 2.45) is 7.05 Å². The molecule has 1 aliphatic heterocycles. The first-order chi connectivity index (χ1) is 13.8. The van der Waals surface area contributed by atoms with Crippen molar-refractivity contribution >= 4 is 11.3 Å². The number of nitrogens with zero attached hydrogens (tertiary/aromatic N) is 6. The van der Waals surface area contributed by atoms with Gasteiger partial charge in [0.25, 0.3) is 0 Å². The quantitative estimate of drug-likeness (QED) is 0.607. The standard InChI is InChI=1S/C18H16F4N6O/c1-26-9-12(8-23-26)15-10-27(11-16-17(15)24-25-28(16)7-6-19)13-2-4-14(5-3-13)29-18(20,21)22/h2-5,8-10H,6-7,11H2,1H3. The molecule has 11 heteroatoms. The minimum atomic E-state index is -4.75. The lowest BCUT2D eigenvalue weighted by Gasteiger charge is -2.27. The van der Waals surface area contributed by atoms with Gasteiger partial charge in [0, 0.05) is 36.3 Å². The van der Waals surface area contributed by atoms with Gasteiger partial charge in [-0.05, 0) is 24.3 Å². The van der Waals surface area contributed by atoms with Crippen LogP contribution in [0.5, 0.6) is 5.75 Å². The predicted octanol–water partition coefficient (Wildman–Crippen LogP) is 3.29. The van der Waals surface area contributed by atoms with E-state index in [9.17, 15) is 17.6 Å². The van der Waals surface area contributed by atoms with E-state index in [1.165, 1.54) is 28.9 Å². The molecule has 0 aliphatic carbocycles. The molecule has 0 unspecified atom stereocenters. The second-order valence-corrected chi connectivity index (χ2v) is 6.41. The van der Waals surface area contributed by atoms with Gasteiger partial charge in [0.05, 0.1) is 25.0 Å². The zero-order valence-electron chi connectivity index (χ0n) is 15.3. The van der Waals surface area contributed by atoms with Gasteiger partial charge in [0.15, 0.2) is 0 Å². The summed E-state index contributed by atoms with van der Waals surface area (Å²) in [4.78, 5) is 1.83. The summed E-state index contributed by atoms with van der Waals surface area (Å²) in [5, 5.41) is 12.4. The fourth-order valence-electron chi connectivity index (χ4n) is 3.16. The summed E-state index contributed by atoms with van der Waals surface area (Å²) in [6, 6.07) is 5.53. The van der Waals surface area contributed by atoms with Crippen LogP contribution in [-0.4, -0.2) is 37.8 Å². The predicted molar refractivity (Wildman–Crippen MR) is 95.6 cm³/mol. The molecule has 0 fully saturated rings. The molecule has 4 rings (SSSR count). The first kappa shape index (κ1) is 19.0. The smallest absolute Gasteiger partial charge is 0.406 e. The van der Waals surface area contributed by atoms with Crippen molar-refractivity contribution in [2.45, 2.75) is 19.5 Å². The molecule has 29 heavy (non-hydrogen) atoms. The molecule has 3 aromatic rings. The lowest BCUT2D eigenvalue weighted by molar-refractivity contribution is -0.274. The number of fused-ring (bicyclic) bond motifs is 1. The van der Waals surface area contributed by atoms with Crippen LogP contribution in [-0.2, 0) is 20.1 Å². The minimum absolute atomic E-state index is 0.0643. The van der Waals surface area contributed by atoms with Crippen LogP contribution in [0.1, 0.15) is 17.0 Å².